The maximum Gasteiger partial charge on any atom is 0.239 e. The van der Waals surface area contributed by atoms with Crippen LogP contribution in [0.5, 0.6) is 11.6 Å². The average molecular weight is 313 g/mol. The van der Waals surface area contributed by atoms with Gasteiger partial charge in [-0.25, -0.2) is 15.8 Å². The molecule has 0 atom stereocenters. The lowest BCUT2D eigenvalue weighted by Crippen LogP contribution is -2.09. The number of halogens is 1. The number of ether oxygens (including phenoxy) is 1. The third-order valence-corrected chi connectivity index (χ3v) is 2.93. The van der Waals surface area contributed by atoms with Crippen LogP contribution in [-0.2, 0) is 0 Å². The van der Waals surface area contributed by atoms with Gasteiger partial charge in [-0.3, -0.25) is 4.68 Å². The fraction of sp³-hybridized carbons (Fsp3) is 0.300. The highest BCUT2D eigenvalue weighted by Crippen LogP contribution is 2.31. The fourth-order valence-corrected chi connectivity index (χ4v) is 1.69. The first-order valence-corrected chi connectivity index (χ1v) is 6.10. The van der Waals surface area contributed by atoms with Crippen molar-refractivity contribution in [3.63, 3.8) is 0 Å². The molecule has 0 saturated heterocycles. The minimum Gasteiger partial charge on any atom is -0.434 e. The second-order valence-electron chi connectivity index (χ2n) is 3.84. The molecule has 0 fully saturated rings. The highest BCUT2D eigenvalue weighted by atomic mass is 79.9. The monoisotopic (exact) mass is 312 g/mol. The molecule has 0 bridgehead atoms. The number of rotatable bonds is 4. The Balaban J connectivity index is 2.23. The normalized spacial score (nSPS) is 10.7. The fourth-order valence-electron chi connectivity index (χ4n) is 1.29. The van der Waals surface area contributed by atoms with E-state index >= 15 is 0 Å². The molecule has 0 aliphatic heterocycles. The molecule has 0 amide bonds. The molecule has 2 heterocycles. The van der Waals surface area contributed by atoms with E-state index < -0.39 is 0 Å². The van der Waals surface area contributed by atoms with Crippen LogP contribution in [-0.4, -0.2) is 19.7 Å². The molecule has 18 heavy (non-hydrogen) atoms. The molecule has 2 rings (SSSR count). The lowest BCUT2D eigenvalue weighted by molar-refractivity contribution is 0.455. The first kappa shape index (κ1) is 12.8. The van der Waals surface area contributed by atoms with Crippen molar-refractivity contribution in [3.8, 4) is 11.6 Å². The summed E-state index contributed by atoms with van der Waals surface area (Å²) in [6.07, 6.45) is 4.79. The molecule has 0 saturated carbocycles. The number of hydrazine groups is 1. The predicted octanol–water partition coefficient (Wildman–Crippen LogP) is 2.09. The second-order valence-corrected chi connectivity index (χ2v) is 4.63. The van der Waals surface area contributed by atoms with E-state index in [0.29, 0.717) is 21.9 Å². The van der Waals surface area contributed by atoms with Gasteiger partial charge in [-0.15, -0.1) is 0 Å². The van der Waals surface area contributed by atoms with Gasteiger partial charge in [-0.1, -0.05) is 0 Å². The summed E-state index contributed by atoms with van der Waals surface area (Å²) in [5, 5.41) is 4.18. The van der Waals surface area contributed by atoms with Gasteiger partial charge in [-0.05, 0) is 29.8 Å². The van der Waals surface area contributed by atoms with Crippen molar-refractivity contribution in [2.45, 2.75) is 19.9 Å². The van der Waals surface area contributed by atoms with Gasteiger partial charge in [0.05, 0.1) is 12.4 Å². The minimum atomic E-state index is 0.275. The van der Waals surface area contributed by atoms with Gasteiger partial charge < -0.3 is 10.2 Å². The molecule has 0 aliphatic carbocycles. The topological polar surface area (TPSA) is 90.9 Å². The van der Waals surface area contributed by atoms with Gasteiger partial charge in [-0.2, -0.15) is 5.10 Å². The van der Waals surface area contributed by atoms with E-state index in [9.17, 15) is 0 Å². The van der Waals surface area contributed by atoms with Crippen LogP contribution >= 0.6 is 15.9 Å². The number of nitrogens with one attached hydrogen (secondary N) is 1. The maximum atomic E-state index is 5.61. The zero-order valence-electron chi connectivity index (χ0n) is 9.96. The van der Waals surface area contributed by atoms with E-state index in [0.717, 1.165) is 0 Å². The number of nitrogens with zero attached hydrogens (tertiary/aromatic N) is 4. The van der Waals surface area contributed by atoms with Crippen LogP contribution in [0.25, 0.3) is 0 Å². The highest BCUT2D eigenvalue weighted by molar-refractivity contribution is 9.10. The standard InChI is InChI=1S/C10H13BrN6O/c1-6(2)17-4-7(3-15-17)18-10-8(11)9(16-12)13-5-14-10/h3-6H,12H2,1-2H3,(H,13,14,16). The lowest BCUT2D eigenvalue weighted by Gasteiger charge is -2.07. The van der Waals surface area contributed by atoms with Crippen molar-refractivity contribution in [1.29, 1.82) is 0 Å². The molecule has 0 aromatic carbocycles. The van der Waals surface area contributed by atoms with Crippen LogP contribution in [0.4, 0.5) is 5.82 Å². The number of hydrogen-bond donors (Lipinski definition) is 2. The van der Waals surface area contributed by atoms with E-state index in [-0.39, 0.29) is 6.04 Å². The largest absolute Gasteiger partial charge is 0.434 e. The molecule has 3 N–H and O–H groups in total. The van der Waals surface area contributed by atoms with E-state index in [1.165, 1.54) is 6.33 Å². The van der Waals surface area contributed by atoms with Crippen LogP contribution < -0.4 is 16.0 Å². The van der Waals surface area contributed by atoms with Crippen molar-refractivity contribution in [2.75, 3.05) is 5.43 Å². The Kier molecular flexibility index (Phi) is 3.78. The summed E-state index contributed by atoms with van der Waals surface area (Å²) < 4.78 is 7.96. The number of nitrogens with two attached hydrogens (primary N) is 1. The van der Waals surface area contributed by atoms with Gasteiger partial charge in [0, 0.05) is 6.04 Å². The lowest BCUT2D eigenvalue weighted by atomic mass is 10.4. The van der Waals surface area contributed by atoms with Gasteiger partial charge in [0.15, 0.2) is 11.6 Å². The summed E-state index contributed by atoms with van der Waals surface area (Å²) in [5.74, 6) is 6.75. The molecule has 2 aromatic heterocycles. The maximum absolute atomic E-state index is 5.61. The predicted molar refractivity (Wildman–Crippen MR) is 70.2 cm³/mol. The summed E-state index contributed by atoms with van der Waals surface area (Å²) in [5.41, 5.74) is 2.45. The SMILES string of the molecule is CC(C)n1cc(Oc2ncnc(NN)c2Br)cn1. The quantitative estimate of drug-likeness (QED) is 0.663. The van der Waals surface area contributed by atoms with Crippen LogP contribution in [0, 0.1) is 0 Å². The van der Waals surface area contributed by atoms with Crippen molar-refractivity contribution in [1.82, 2.24) is 19.7 Å². The number of aromatic nitrogens is 4. The molecule has 0 radical (unpaired) electrons. The van der Waals surface area contributed by atoms with E-state index in [4.69, 9.17) is 10.6 Å². The Morgan fingerprint density at radius 3 is 2.83 bits per heavy atom. The van der Waals surface area contributed by atoms with Crippen LogP contribution in [0.15, 0.2) is 23.2 Å². The number of hydrogen-bond acceptors (Lipinski definition) is 6. The van der Waals surface area contributed by atoms with Gasteiger partial charge in [0.2, 0.25) is 5.88 Å². The zero-order valence-corrected chi connectivity index (χ0v) is 11.5. The molecule has 2 aromatic rings. The summed E-state index contributed by atoms with van der Waals surface area (Å²) in [6, 6.07) is 0.275. The zero-order chi connectivity index (χ0) is 13.1. The Bertz CT molecular complexity index is 541. The number of nitrogen functional groups attached to an aromatic ring is 1. The smallest absolute Gasteiger partial charge is 0.239 e. The van der Waals surface area contributed by atoms with Crippen LogP contribution in [0.1, 0.15) is 19.9 Å². The molecule has 0 aliphatic rings. The summed E-state index contributed by atoms with van der Waals surface area (Å²) >= 11 is 3.31. The van der Waals surface area contributed by atoms with Crippen LogP contribution in [0.2, 0.25) is 0 Å². The van der Waals surface area contributed by atoms with E-state index in [2.05, 4.69) is 36.4 Å². The van der Waals surface area contributed by atoms with Crippen molar-refractivity contribution in [3.05, 3.63) is 23.2 Å². The molecule has 0 spiro atoms. The van der Waals surface area contributed by atoms with E-state index in [1.54, 1.807) is 17.1 Å². The molecule has 8 heteroatoms. The summed E-state index contributed by atoms with van der Waals surface area (Å²) in [4.78, 5) is 7.96. The molecule has 0 unspecified atom stereocenters. The third-order valence-electron chi connectivity index (χ3n) is 2.22. The first-order valence-electron chi connectivity index (χ1n) is 5.31. The number of anilines is 1. The summed E-state index contributed by atoms with van der Waals surface area (Å²) in [7, 11) is 0. The second kappa shape index (κ2) is 5.32. The van der Waals surface area contributed by atoms with E-state index in [1.807, 2.05) is 13.8 Å². The third kappa shape index (κ3) is 2.59. The Morgan fingerprint density at radius 1 is 1.44 bits per heavy atom. The van der Waals surface area contributed by atoms with Gasteiger partial charge in [0.25, 0.3) is 0 Å². The first-order chi connectivity index (χ1) is 8.61. The molecule has 7 nitrogen and oxygen atoms in total. The average Bonchev–Trinajstić information content (AvgIpc) is 2.80. The molecular formula is C10H13BrN6O. The van der Waals surface area contributed by atoms with Gasteiger partial charge >= 0.3 is 0 Å². The molecular weight excluding hydrogens is 300 g/mol. The highest BCUT2D eigenvalue weighted by Gasteiger charge is 2.11. The Labute approximate surface area is 112 Å². The van der Waals surface area contributed by atoms with Crippen molar-refractivity contribution in [2.24, 2.45) is 5.84 Å². The Morgan fingerprint density at radius 2 is 2.22 bits per heavy atom. The summed E-state index contributed by atoms with van der Waals surface area (Å²) in [6.45, 7) is 4.07. The van der Waals surface area contributed by atoms with Crippen molar-refractivity contribution < 1.29 is 4.74 Å². The van der Waals surface area contributed by atoms with Gasteiger partial charge in [0.1, 0.15) is 10.8 Å². The van der Waals surface area contributed by atoms with Crippen molar-refractivity contribution >= 4 is 21.7 Å². The van der Waals surface area contributed by atoms with Crippen LogP contribution in [0.3, 0.4) is 0 Å². The minimum absolute atomic E-state index is 0.275. The molecule has 96 valence electrons. The Hall–Kier alpha value is -1.67.